The van der Waals surface area contributed by atoms with Crippen molar-refractivity contribution < 1.29 is 13.2 Å². The van der Waals surface area contributed by atoms with Gasteiger partial charge in [-0.2, -0.15) is 5.10 Å². The largest absolute Gasteiger partial charge is 0.324 e. The minimum absolute atomic E-state index is 0.161. The fourth-order valence-corrected chi connectivity index (χ4v) is 4.40. The summed E-state index contributed by atoms with van der Waals surface area (Å²) in [5.74, 6) is -0.699. The molecule has 0 aliphatic carbocycles. The number of aromatic nitrogens is 4. The topological polar surface area (TPSA) is 130 Å². The highest BCUT2D eigenvalue weighted by Gasteiger charge is 2.30. The number of nitrogens with one attached hydrogen (secondary N) is 2. The van der Waals surface area contributed by atoms with E-state index >= 15 is 0 Å². The molecule has 11 heteroatoms. The van der Waals surface area contributed by atoms with Gasteiger partial charge in [-0.25, -0.2) is 22.4 Å². The second-order valence-electron chi connectivity index (χ2n) is 6.99. The molecule has 1 saturated heterocycles. The van der Waals surface area contributed by atoms with Crippen molar-refractivity contribution in [2.75, 3.05) is 24.7 Å². The van der Waals surface area contributed by atoms with Gasteiger partial charge in [-0.05, 0) is 25.0 Å². The zero-order chi connectivity index (χ0) is 20.6. The third kappa shape index (κ3) is 3.78. The number of hydrogen-bond acceptors (Lipinski definition) is 6. The summed E-state index contributed by atoms with van der Waals surface area (Å²) in [6, 6.07) is 7.05. The van der Waals surface area contributed by atoms with E-state index in [0.717, 1.165) is 6.26 Å². The lowest BCUT2D eigenvalue weighted by Crippen LogP contribution is -2.43. The molecule has 1 unspecified atom stereocenters. The number of carbonyl (C=O) groups excluding carboxylic acids is 1. The molecule has 2 N–H and O–H groups in total. The molecule has 0 bridgehead atoms. The highest BCUT2D eigenvalue weighted by molar-refractivity contribution is 7.88. The number of amides is 1. The van der Waals surface area contributed by atoms with Gasteiger partial charge in [0.1, 0.15) is 5.39 Å². The molecule has 2 aromatic heterocycles. The average Bonchev–Trinajstić information content (AvgIpc) is 3.13. The van der Waals surface area contributed by atoms with E-state index in [0.29, 0.717) is 41.8 Å². The van der Waals surface area contributed by atoms with Crippen molar-refractivity contribution in [3.8, 4) is 5.69 Å². The highest BCUT2D eigenvalue weighted by atomic mass is 32.2. The molecule has 1 amide bonds. The summed E-state index contributed by atoms with van der Waals surface area (Å²) in [6.45, 7) is 0.590. The van der Waals surface area contributed by atoms with Crippen LogP contribution in [0.1, 0.15) is 12.8 Å². The Morgan fingerprint density at radius 1 is 1.31 bits per heavy atom. The number of nitrogens with zero attached hydrogens (tertiary/aromatic N) is 4. The standard InChI is InChI=1S/C18H20N6O4S/c1-29(27,28)23-8-4-5-12(10-23)17(25)22-14-6-2-3-7-15(14)24-16-13(9-21-24)18(26)20-11-19-16/h2-3,6-7,9,11-12H,4-5,8,10H2,1H3,(H,22,25)(H,19,20,26). The molecular formula is C18H20N6O4S. The summed E-state index contributed by atoms with van der Waals surface area (Å²) in [5, 5.41) is 7.47. The number of anilines is 1. The normalized spacial score (nSPS) is 18.0. The molecule has 4 rings (SSSR count). The maximum absolute atomic E-state index is 12.8. The lowest BCUT2D eigenvalue weighted by atomic mass is 9.98. The Hall–Kier alpha value is -3.05. The Kier molecular flexibility index (Phi) is 4.92. The van der Waals surface area contributed by atoms with Crippen molar-refractivity contribution >= 4 is 32.7 Å². The van der Waals surface area contributed by atoms with Crippen LogP contribution in [0.15, 0.2) is 41.6 Å². The van der Waals surface area contributed by atoms with Crippen molar-refractivity contribution in [3.05, 3.63) is 47.1 Å². The lowest BCUT2D eigenvalue weighted by Gasteiger charge is -2.30. The molecule has 152 valence electrons. The van der Waals surface area contributed by atoms with Gasteiger partial charge in [0.25, 0.3) is 5.56 Å². The molecule has 0 saturated carbocycles. The van der Waals surface area contributed by atoms with Crippen molar-refractivity contribution in [2.45, 2.75) is 12.8 Å². The zero-order valence-corrected chi connectivity index (χ0v) is 16.5. The molecule has 3 heterocycles. The third-order valence-corrected chi connectivity index (χ3v) is 6.25. The Morgan fingerprint density at radius 2 is 2.10 bits per heavy atom. The fourth-order valence-electron chi connectivity index (χ4n) is 3.49. The first-order valence-electron chi connectivity index (χ1n) is 9.11. The van der Waals surface area contributed by atoms with E-state index in [1.807, 2.05) is 0 Å². The van der Waals surface area contributed by atoms with Crippen LogP contribution in [0, 0.1) is 5.92 Å². The number of piperidine rings is 1. The highest BCUT2D eigenvalue weighted by Crippen LogP contribution is 2.25. The summed E-state index contributed by atoms with van der Waals surface area (Å²) >= 11 is 0. The number of hydrogen-bond donors (Lipinski definition) is 2. The van der Waals surface area contributed by atoms with E-state index in [-0.39, 0.29) is 18.0 Å². The average molecular weight is 416 g/mol. The van der Waals surface area contributed by atoms with Crippen molar-refractivity contribution in [1.29, 1.82) is 0 Å². The number of aromatic amines is 1. The van der Waals surface area contributed by atoms with Crippen molar-refractivity contribution in [2.24, 2.45) is 5.92 Å². The van der Waals surface area contributed by atoms with Crippen LogP contribution in [0.5, 0.6) is 0 Å². The van der Waals surface area contributed by atoms with E-state index in [1.54, 1.807) is 24.3 Å². The third-order valence-electron chi connectivity index (χ3n) is 4.98. The molecule has 1 aliphatic heterocycles. The van der Waals surface area contributed by atoms with E-state index in [2.05, 4.69) is 20.4 Å². The SMILES string of the molecule is CS(=O)(=O)N1CCCC(C(=O)Nc2ccccc2-n2ncc3c(=O)[nH]cnc32)C1. The van der Waals surface area contributed by atoms with Crippen molar-refractivity contribution in [3.63, 3.8) is 0 Å². The number of carbonyl (C=O) groups is 1. The monoisotopic (exact) mass is 416 g/mol. The number of H-pyrrole nitrogens is 1. The Balaban J connectivity index is 1.63. The van der Waals surface area contributed by atoms with Gasteiger partial charge >= 0.3 is 0 Å². The number of benzene rings is 1. The van der Waals surface area contributed by atoms with Gasteiger partial charge in [-0.1, -0.05) is 12.1 Å². The van der Waals surface area contributed by atoms with Crippen LogP contribution in [0.4, 0.5) is 5.69 Å². The van der Waals surface area contributed by atoms with Gasteiger partial charge in [0.2, 0.25) is 15.9 Å². The van der Waals surface area contributed by atoms with Gasteiger partial charge in [-0.15, -0.1) is 0 Å². The smallest absolute Gasteiger partial charge is 0.261 e. The number of para-hydroxylation sites is 2. The van der Waals surface area contributed by atoms with E-state index in [4.69, 9.17) is 0 Å². The molecule has 1 aliphatic rings. The van der Waals surface area contributed by atoms with Crippen LogP contribution < -0.4 is 10.9 Å². The maximum Gasteiger partial charge on any atom is 0.261 e. The first-order valence-corrected chi connectivity index (χ1v) is 11.0. The predicted octanol–water partition coefficient (Wildman–Crippen LogP) is 0.719. The molecule has 10 nitrogen and oxygen atoms in total. The van der Waals surface area contributed by atoms with Crippen LogP contribution >= 0.6 is 0 Å². The molecule has 0 radical (unpaired) electrons. The maximum atomic E-state index is 12.8. The summed E-state index contributed by atoms with van der Waals surface area (Å²) in [6.07, 6.45) is 5.11. The number of fused-ring (bicyclic) bond motifs is 1. The van der Waals surface area contributed by atoms with Gasteiger partial charge < -0.3 is 10.3 Å². The van der Waals surface area contributed by atoms with E-state index in [9.17, 15) is 18.0 Å². The first kappa shape index (κ1) is 19.3. The molecular weight excluding hydrogens is 396 g/mol. The van der Waals surface area contributed by atoms with Gasteiger partial charge in [-0.3, -0.25) is 9.59 Å². The minimum Gasteiger partial charge on any atom is -0.324 e. The van der Waals surface area contributed by atoms with Crippen LogP contribution in [0.2, 0.25) is 0 Å². The summed E-state index contributed by atoms with van der Waals surface area (Å²) < 4.78 is 26.5. The summed E-state index contributed by atoms with van der Waals surface area (Å²) in [5.41, 5.74) is 1.13. The minimum atomic E-state index is -3.34. The first-order chi connectivity index (χ1) is 13.8. The Labute approximate surface area is 166 Å². The molecule has 1 fully saturated rings. The van der Waals surface area contributed by atoms with Crippen molar-refractivity contribution in [1.82, 2.24) is 24.1 Å². The fraction of sp³-hybridized carbons (Fsp3) is 0.333. The van der Waals surface area contributed by atoms with Crippen LogP contribution in [0.25, 0.3) is 16.7 Å². The molecule has 0 spiro atoms. The van der Waals surface area contributed by atoms with Gasteiger partial charge in [0, 0.05) is 13.1 Å². The van der Waals surface area contributed by atoms with E-state index < -0.39 is 15.9 Å². The molecule has 29 heavy (non-hydrogen) atoms. The lowest BCUT2D eigenvalue weighted by molar-refractivity contribution is -0.120. The van der Waals surface area contributed by atoms with Crippen LogP contribution in [0.3, 0.4) is 0 Å². The quantitative estimate of drug-likeness (QED) is 0.644. The number of sulfonamides is 1. The zero-order valence-electron chi connectivity index (χ0n) is 15.7. The van der Waals surface area contributed by atoms with Crippen LogP contribution in [-0.2, 0) is 14.8 Å². The van der Waals surface area contributed by atoms with Gasteiger partial charge in [0.05, 0.1) is 36.1 Å². The molecule has 1 atom stereocenters. The van der Waals surface area contributed by atoms with E-state index in [1.165, 1.54) is 21.5 Å². The summed E-state index contributed by atoms with van der Waals surface area (Å²) in [7, 11) is -3.34. The molecule has 3 aromatic rings. The summed E-state index contributed by atoms with van der Waals surface area (Å²) in [4.78, 5) is 31.5. The van der Waals surface area contributed by atoms with Crippen LogP contribution in [-0.4, -0.2) is 57.7 Å². The second kappa shape index (κ2) is 7.41. The second-order valence-corrected chi connectivity index (χ2v) is 8.97. The Bertz CT molecular complexity index is 1230. The molecule has 1 aromatic carbocycles. The number of rotatable bonds is 4. The predicted molar refractivity (Wildman–Crippen MR) is 107 cm³/mol. The van der Waals surface area contributed by atoms with Gasteiger partial charge in [0.15, 0.2) is 5.65 Å². The Morgan fingerprint density at radius 3 is 2.90 bits per heavy atom.